The van der Waals surface area contributed by atoms with E-state index in [2.05, 4.69) is 45.2 Å². The number of nitrogens with zero attached hydrogens (tertiary/aromatic N) is 1. The van der Waals surface area contributed by atoms with Crippen molar-refractivity contribution in [2.75, 3.05) is 24.3 Å². The Kier molecular flexibility index (Phi) is 4.95. The molecule has 2 rings (SSSR count). The van der Waals surface area contributed by atoms with Crippen LogP contribution >= 0.6 is 27.5 Å². The standard InChI is InChI=1S/C16H18BrClN2/c1-11(13-6-4-5-7-14(13)18)19-15-10-12(17)8-9-16(15)20(2)3/h4-11,19H,1-3H3. The third kappa shape index (κ3) is 3.47. The van der Waals surface area contributed by atoms with Crippen molar-refractivity contribution in [2.45, 2.75) is 13.0 Å². The predicted molar refractivity (Wildman–Crippen MR) is 92.0 cm³/mol. The van der Waals surface area contributed by atoms with Crippen molar-refractivity contribution in [1.29, 1.82) is 0 Å². The Balaban J connectivity index is 2.30. The monoisotopic (exact) mass is 352 g/mol. The molecule has 0 aliphatic heterocycles. The smallest absolute Gasteiger partial charge is 0.0597 e. The van der Waals surface area contributed by atoms with Crippen molar-refractivity contribution in [2.24, 2.45) is 0 Å². The van der Waals surface area contributed by atoms with Crippen LogP contribution in [-0.4, -0.2) is 14.1 Å². The molecule has 0 heterocycles. The van der Waals surface area contributed by atoms with Crippen LogP contribution < -0.4 is 10.2 Å². The second-order valence-corrected chi connectivity index (χ2v) is 6.27. The molecule has 0 fully saturated rings. The molecule has 0 amide bonds. The van der Waals surface area contributed by atoms with Crippen molar-refractivity contribution in [3.8, 4) is 0 Å². The van der Waals surface area contributed by atoms with E-state index in [0.29, 0.717) is 0 Å². The van der Waals surface area contributed by atoms with Crippen molar-refractivity contribution >= 4 is 38.9 Å². The molecule has 2 aromatic carbocycles. The molecule has 1 atom stereocenters. The molecule has 0 radical (unpaired) electrons. The summed E-state index contributed by atoms with van der Waals surface area (Å²) < 4.78 is 1.05. The van der Waals surface area contributed by atoms with Crippen LogP contribution in [-0.2, 0) is 0 Å². The molecular formula is C16H18BrClN2. The van der Waals surface area contributed by atoms with E-state index in [9.17, 15) is 0 Å². The molecule has 0 saturated carbocycles. The lowest BCUT2D eigenvalue weighted by Crippen LogP contribution is -2.14. The van der Waals surface area contributed by atoms with Gasteiger partial charge in [0.05, 0.1) is 17.4 Å². The zero-order valence-electron chi connectivity index (χ0n) is 11.8. The van der Waals surface area contributed by atoms with Gasteiger partial charge in [-0.1, -0.05) is 45.7 Å². The first-order valence-corrected chi connectivity index (χ1v) is 7.64. The van der Waals surface area contributed by atoms with Crippen LogP contribution in [0.3, 0.4) is 0 Å². The Bertz CT molecular complexity index is 599. The summed E-state index contributed by atoms with van der Waals surface area (Å²) in [6, 6.07) is 14.3. The summed E-state index contributed by atoms with van der Waals surface area (Å²) in [6.07, 6.45) is 0. The average molecular weight is 354 g/mol. The number of anilines is 2. The molecule has 2 aromatic rings. The number of rotatable bonds is 4. The SMILES string of the molecule is CC(Nc1cc(Br)ccc1N(C)C)c1ccccc1Cl. The highest BCUT2D eigenvalue weighted by Gasteiger charge is 2.12. The van der Waals surface area contributed by atoms with E-state index in [1.807, 2.05) is 44.4 Å². The van der Waals surface area contributed by atoms with Crippen LogP contribution in [0.5, 0.6) is 0 Å². The van der Waals surface area contributed by atoms with Gasteiger partial charge in [0.15, 0.2) is 0 Å². The molecule has 0 aliphatic carbocycles. The summed E-state index contributed by atoms with van der Waals surface area (Å²) >= 11 is 9.78. The lowest BCUT2D eigenvalue weighted by Gasteiger charge is -2.23. The predicted octanol–water partition coefficient (Wildman–Crippen LogP) is 5.34. The topological polar surface area (TPSA) is 15.3 Å². The van der Waals surface area contributed by atoms with Crippen molar-refractivity contribution < 1.29 is 0 Å². The number of hydrogen-bond donors (Lipinski definition) is 1. The van der Waals surface area contributed by atoms with E-state index in [1.54, 1.807) is 0 Å². The molecule has 0 spiro atoms. The maximum atomic E-state index is 6.26. The van der Waals surface area contributed by atoms with Crippen LogP contribution in [0.15, 0.2) is 46.9 Å². The first kappa shape index (κ1) is 15.2. The van der Waals surface area contributed by atoms with E-state index in [-0.39, 0.29) is 6.04 Å². The zero-order chi connectivity index (χ0) is 14.7. The van der Waals surface area contributed by atoms with Gasteiger partial charge in [-0.15, -0.1) is 0 Å². The molecule has 0 saturated heterocycles. The molecule has 4 heteroatoms. The molecule has 0 bridgehead atoms. The van der Waals surface area contributed by atoms with Crippen molar-refractivity contribution in [3.05, 3.63) is 57.5 Å². The van der Waals surface area contributed by atoms with Crippen LogP contribution in [0.25, 0.3) is 0 Å². The summed E-state index contributed by atoms with van der Waals surface area (Å²) in [4.78, 5) is 2.09. The van der Waals surface area contributed by atoms with E-state index in [0.717, 1.165) is 26.4 Å². The molecule has 106 valence electrons. The van der Waals surface area contributed by atoms with Gasteiger partial charge >= 0.3 is 0 Å². The third-order valence-electron chi connectivity index (χ3n) is 3.18. The number of halogens is 2. The molecule has 2 nitrogen and oxygen atoms in total. The minimum absolute atomic E-state index is 0.136. The van der Waals surface area contributed by atoms with E-state index < -0.39 is 0 Å². The fraction of sp³-hybridized carbons (Fsp3) is 0.250. The minimum atomic E-state index is 0.136. The van der Waals surface area contributed by atoms with Gasteiger partial charge in [-0.2, -0.15) is 0 Å². The second-order valence-electron chi connectivity index (χ2n) is 4.94. The van der Waals surface area contributed by atoms with E-state index >= 15 is 0 Å². The van der Waals surface area contributed by atoms with Crippen LogP contribution in [0, 0.1) is 0 Å². The average Bonchev–Trinajstić information content (AvgIpc) is 2.38. The molecule has 0 aromatic heterocycles. The molecule has 1 N–H and O–H groups in total. The lowest BCUT2D eigenvalue weighted by molar-refractivity contribution is 0.883. The third-order valence-corrected chi connectivity index (χ3v) is 4.02. The van der Waals surface area contributed by atoms with Crippen LogP contribution in [0.4, 0.5) is 11.4 Å². The molecule has 1 unspecified atom stereocenters. The molecule has 0 aliphatic rings. The summed E-state index contributed by atoms with van der Waals surface area (Å²) in [5.41, 5.74) is 3.32. The summed E-state index contributed by atoms with van der Waals surface area (Å²) in [5, 5.41) is 4.32. The largest absolute Gasteiger partial charge is 0.377 e. The van der Waals surface area contributed by atoms with Gasteiger partial charge in [0.25, 0.3) is 0 Å². The Morgan fingerprint density at radius 2 is 1.85 bits per heavy atom. The maximum absolute atomic E-state index is 6.26. The maximum Gasteiger partial charge on any atom is 0.0597 e. The van der Waals surface area contributed by atoms with Gasteiger partial charge in [-0.3, -0.25) is 0 Å². The summed E-state index contributed by atoms with van der Waals surface area (Å²) in [5.74, 6) is 0. The first-order chi connectivity index (χ1) is 9.49. The van der Waals surface area contributed by atoms with E-state index in [4.69, 9.17) is 11.6 Å². The molecular weight excluding hydrogens is 336 g/mol. The highest BCUT2D eigenvalue weighted by Crippen LogP contribution is 2.32. The van der Waals surface area contributed by atoms with E-state index in [1.165, 1.54) is 0 Å². The Morgan fingerprint density at radius 3 is 2.50 bits per heavy atom. The normalized spacial score (nSPS) is 12.1. The van der Waals surface area contributed by atoms with Crippen molar-refractivity contribution in [3.63, 3.8) is 0 Å². The van der Waals surface area contributed by atoms with Gasteiger partial charge in [-0.05, 0) is 36.8 Å². The zero-order valence-corrected chi connectivity index (χ0v) is 14.2. The highest BCUT2D eigenvalue weighted by atomic mass is 79.9. The van der Waals surface area contributed by atoms with Gasteiger partial charge in [0, 0.05) is 23.6 Å². The fourth-order valence-corrected chi connectivity index (χ4v) is 2.81. The Hall–Kier alpha value is -1.19. The van der Waals surface area contributed by atoms with Gasteiger partial charge in [-0.25, -0.2) is 0 Å². The fourth-order valence-electron chi connectivity index (χ4n) is 2.15. The van der Waals surface area contributed by atoms with Gasteiger partial charge < -0.3 is 10.2 Å². The first-order valence-electron chi connectivity index (χ1n) is 6.47. The van der Waals surface area contributed by atoms with Crippen LogP contribution in [0.2, 0.25) is 5.02 Å². The molecule has 20 heavy (non-hydrogen) atoms. The number of benzene rings is 2. The second kappa shape index (κ2) is 6.51. The van der Waals surface area contributed by atoms with Crippen LogP contribution in [0.1, 0.15) is 18.5 Å². The Morgan fingerprint density at radius 1 is 1.15 bits per heavy atom. The number of nitrogens with one attached hydrogen (secondary N) is 1. The minimum Gasteiger partial charge on any atom is -0.377 e. The van der Waals surface area contributed by atoms with Gasteiger partial charge in [0.2, 0.25) is 0 Å². The quantitative estimate of drug-likeness (QED) is 0.798. The lowest BCUT2D eigenvalue weighted by atomic mass is 10.1. The summed E-state index contributed by atoms with van der Waals surface area (Å²) in [6.45, 7) is 2.11. The summed E-state index contributed by atoms with van der Waals surface area (Å²) in [7, 11) is 4.07. The van der Waals surface area contributed by atoms with Crippen molar-refractivity contribution in [1.82, 2.24) is 0 Å². The highest BCUT2D eigenvalue weighted by molar-refractivity contribution is 9.10. The van der Waals surface area contributed by atoms with Gasteiger partial charge in [0.1, 0.15) is 0 Å². The Labute approximate surface area is 133 Å². The number of hydrogen-bond acceptors (Lipinski definition) is 2.